The van der Waals surface area contributed by atoms with Gasteiger partial charge in [0, 0.05) is 10.6 Å². The third kappa shape index (κ3) is 5.32. The minimum atomic E-state index is -5.02. The summed E-state index contributed by atoms with van der Waals surface area (Å²) in [6, 6.07) is 9.01. The number of halogens is 7. The summed E-state index contributed by atoms with van der Waals surface area (Å²) in [6.07, 6.45) is -9.21. The molecule has 2 aromatic heterocycles. The molecule has 2 heterocycles. The highest BCUT2D eigenvalue weighted by Crippen LogP contribution is 2.31. The summed E-state index contributed by atoms with van der Waals surface area (Å²) >= 11 is 12.3. The largest absolute Gasteiger partial charge is 0.416 e. The first kappa shape index (κ1) is 27.8. The van der Waals surface area contributed by atoms with E-state index in [0.717, 1.165) is 15.3 Å². The minimum Gasteiger partial charge on any atom is -0.385 e. The van der Waals surface area contributed by atoms with Crippen molar-refractivity contribution in [1.82, 2.24) is 23.9 Å². The van der Waals surface area contributed by atoms with Crippen LogP contribution in [0.5, 0.6) is 0 Å². The fraction of sp³-hybridized carbons (Fsp3) is 0.261. The van der Waals surface area contributed by atoms with Crippen LogP contribution in [0.3, 0.4) is 0 Å². The lowest BCUT2D eigenvalue weighted by Gasteiger charge is -2.16. The van der Waals surface area contributed by atoms with Crippen molar-refractivity contribution in [3.05, 3.63) is 86.4 Å². The number of benzene rings is 2. The quantitative estimate of drug-likeness (QED) is 0.315. The van der Waals surface area contributed by atoms with Gasteiger partial charge in [0.25, 0.3) is 0 Å². The minimum absolute atomic E-state index is 0.136. The Bertz CT molecular complexity index is 1530. The number of imidazole rings is 1. The molecule has 2 N–H and O–H groups in total. The highest BCUT2D eigenvalue weighted by atomic mass is 35.5. The smallest absolute Gasteiger partial charge is 0.385 e. The molecule has 0 aliphatic carbocycles. The fourth-order valence-corrected chi connectivity index (χ4v) is 4.18. The number of hydrogen-bond donors (Lipinski definition) is 2. The second kappa shape index (κ2) is 10.5. The third-order valence-electron chi connectivity index (χ3n) is 5.52. The summed E-state index contributed by atoms with van der Waals surface area (Å²) in [6.45, 7) is -0.381. The molecule has 4 aromatic rings. The lowest BCUT2D eigenvalue weighted by molar-refractivity contribution is -0.207. The predicted molar refractivity (Wildman–Crippen MR) is 127 cm³/mol. The first-order valence-electron chi connectivity index (χ1n) is 10.9. The molecule has 2 atom stereocenters. The van der Waals surface area contributed by atoms with Crippen molar-refractivity contribution in [1.29, 1.82) is 0 Å². The van der Waals surface area contributed by atoms with Gasteiger partial charge in [-0.25, -0.2) is 23.2 Å². The van der Waals surface area contributed by atoms with Gasteiger partial charge in [0.1, 0.15) is 16.9 Å². The van der Waals surface area contributed by atoms with Crippen LogP contribution in [0.2, 0.25) is 10.2 Å². The Morgan fingerprint density at radius 3 is 2.29 bits per heavy atom. The Morgan fingerprint density at radius 2 is 1.68 bits per heavy atom. The topological polar surface area (TPSA) is 98.1 Å². The molecule has 0 aliphatic rings. The zero-order valence-corrected chi connectivity index (χ0v) is 20.8. The molecule has 0 fully saturated rings. The van der Waals surface area contributed by atoms with Gasteiger partial charge in [-0.3, -0.25) is 9.13 Å². The molecule has 0 spiro atoms. The normalized spacial score (nSPS) is 13.6. The molecule has 0 radical (unpaired) electrons. The summed E-state index contributed by atoms with van der Waals surface area (Å²) in [7, 11) is 0. The fourth-order valence-electron chi connectivity index (χ4n) is 3.71. The average Bonchev–Trinajstić information content (AvgIpc) is 3.36. The zero-order chi connectivity index (χ0) is 27.9. The summed E-state index contributed by atoms with van der Waals surface area (Å²) in [5, 5.41) is 23.9. The van der Waals surface area contributed by atoms with Crippen LogP contribution < -0.4 is 5.69 Å². The van der Waals surface area contributed by atoms with E-state index in [1.165, 1.54) is 43.3 Å². The molecule has 4 rings (SSSR count). The number of hydrogen-bond acceptors (Lipinski definition) is 5. The Morgan fingerprint density at radius 1 is 1.03 bits per heavy atom. The second-order valence-corrected chi connectivity index (χ2v) is 9.02. The van der Waals surface area contributed by atoms with Crippen LogP contribution in [0.4, 0.5) is 22.0 Å². The maximum Gasteiger partial charge on any atom is 0.416 e. The predicted octanol–water partition coefficient (Wildman–Crippen LogP) is 4.51. The van der Waals surface area contributed by atoms with Crippen molar-refractivity contribution < 1.29 is 32.2 Å². The summed E-state index contributed by atoms with van der Waals surface area (Å²) < 4.78 is 70.0. The molecule has 0 amide bonds. The third-order valence-corrected chi connectivity index (χ3v) is 6.16. The van der Waals surface area contributed by atoms with Crippen LogP contribution in [0.25, 0.3) is 16.9 Å². The maximum absolute atomic E-state index is 14.4. The molecule has 0 bridgehead atoms. The second-order valence-electron chi connectivity index (χ2n) is 8.23. The van der Waals surface area contributed by atoms with E-state index in [4.69, 9.17) is 23.2 Å². The molecule has 15 heteroatoms. The molecule has 0 saturated heterocycles. The Balaban J connectivity index is 1.84. The van der Waals surface area contributed by atoms with Gasteiger partial charge in [0.05, 0.1) is 18.8 Å². The van der Waals surface area contributed by atoms with Crippen molar-refractivity contribution >= 4 is 23.2 Å². The number of alkyl halides is 3. The number of aliphatic hydroxyl groups excluding tert-OH is 2. The molecule has 202 valence electrons. The van der Waals surface area contributed by atoms with Gasteiger partial charge in [0.15, 0.2) is 29.4 Å². The Kier molecular flexibility index (Phi) is 7.66. The van der Waals surface area contributed by atoms with Gasteiger partial charge in [-0.15, -0.1) is 5.10 Å². The van der Waals surface area contributed by atoms with E-state index in [-0.39, 0.29) is 33.7 Å². The SMILES string of the molecule is C[C@H](O)c1nc(Cn2c(Cl)c(-c3ccc(Cl)cc3)n(C[C@H](O)C(F)(F)F)c2=O)nn1-c1cccc(F)c1F. The van der Waals surface area contributed by atoms with Crippen LogP contribution >= 0.6 is 23.2 Å². The van der Waals surface area contributed by atoms with E-state index in [1.807, 2.05) is 0 Å². The maximum atomic E-state index is 14.4. The van der Waals surface area contributed by atoms with Crippen LogP contribution in [-0.2, 0) is 13.1 Å². The van der Waals surface area contributed by atoms with Gasteiger partial charge in [0.2, 0.25) is 0 Å². The Hall–Kier alpha value is -3.26. The van der Waals surface area contributed by atoms with Crippen molar-refractivity contribution in [2.24, 2.45) is 0 Å². The van der Waals surface area contributed by atoms with Gasteiger partial charge in [-0.1, -0.05) is 41.4 Å². The highest BCUT2D eigenvalue weighted by molar-refractivity contribution is 6.32. The van der Waals surface area contributed by atoms with Crippen molar-refractivity contribution in [2.75, 3.05) is 0 Å². The number of aliphatic hydroxyl groups is 2. The summed E-state index contributed by atoms with van der Waals surface area (Å²) in [5.41, 5.74) is -1.31. The van der Waals surface area contributed by atoms with Gasteiger partial charge < -0.3 is 10.2 Å². The first-order valence-corrected chi connectivity index (χ1v) is 11.6. The number of rotatable bonds is 7. The van der Waals surface area contributed by atoms with Crippen molar-refractivity contribution in [2.45, 2.75) is 38.4 Å². The summed E-state index contributed by atoms with van der Waals surface area (Å²) in [5.74, 6) is -2.83. The highest BCUT2D eigenvalue weighted by Gasteiger charge is 2.39. The molecule has 8 nitrogen and oxygen atoms in total. The van der Waals surface area contributed by atoms with Gasteiger partial charge >= 0.3 is 11.9 Å². The van der Waals surface area contributed by atoms with E-state index in [1.54, 1.807) is 0 Å². The van der Waals surface area contributed by atoms with E-state index in [9.17, 15) is 37.0 Å². The molecule has 0 saturated carbocycles. The van der Waals surface area contributed by atoms with E-state index >= 15 is 0 Å². The average molecular weight is 578 g/mol. The van der Waals surface area contributed by atoms with E-state index in [0.29, 0.717) is 9.59 Å². The van der Waals surface area contributed by atoms with Crippen molar-refractivity contribution in [3.8, 4) is 16.9 Å². The molecule has 38 heavy (non-hydrogen) atoms. The van der Waals surface area contributed by atoms with E-state index in [2.05, 4.69) is 10.1 Å². The number of aromatic nitrogens is 5. The van der Waals surface area contributed by atoms with Crippen LogP contribution in [-0.4, -0.2) is 46.4 Å². The molecule has 0 unspecified atom stereocenters. The molecule has 2 aromatic carbocycles. The molecular weight excluding hydrogens is 560 g/mol. The molecule has 0 aliphatic heterocycles. The zero-order valence-electron chi connectivity index (χ0n) is 19.3. The van der Waals surface area contributed by atoms with Crippen molar-refractivity contribution in [3.63, 3.8) is 0 Å². The lowest BCUT2D eigenvalue weighted by Crippen LogP contribution is -2.37. The van der Waals surface area contributed by atoms with Gasteiger partial charge in [-0.2, -0.15) is 13.2 Å². The van der Waals surface area contributed by atoms with Gasteiger partial charge in [-0.05, 0) is 31.2 Å². The lowest BCUT2D eigenvalue weighted by atomic mass is 10.1. The summed E-state index contributed by atoms with van der Waals surface area (Å²) in [4.78, 5) is 17.3. The molecular formula is C23H18Cl2F5N5O3. The van der Waals surface area contributed by atoms with Crippen LogP contribution in [0, 0.1) is 11.6 Å². The Labute approximate surface area is 221 Å². The van der Waals surface area contributed by atoms with Crippen LogP contribution in [0.15, 0.2) is 47.3 Å². The standard InChI is InChI=1S/C23H18Cl2F5N5O3/c1-11(36)21-31-17(32-35(21)15-4-2-3-14(26)18(15)27)10-34-20(25)19(12-5-7-13(24)8-6-12)33(22(34)38)9-16(37)23(28,29)30/h2-8,11,16,36-37H,9-10H2,1H3/t11-,16-/m0/s1. The van der Waals surface area contributed by atoms with Crippen LogP contribution in [0.1, 0.15) is 24.7 Å². The number of nitrogens with zero attached hydrogens (tertiary/aromatic N) is 5. The van der Waals surface area contributed by atoms with E-state index < -0.39 is 48.8 Å². The first-order chi connectivity index (χ1) is 17.8. The monoisotopic (exact) mass is 577 g/mol.